The first-order valence-electron chi connectivity index (χ1n) is 10.3. The van der Waals surface area contributed by atoms with Crippen molar-refractivity contribution in [3.05, 3.63) is 89.5 Å². The maximum atomic E-state index is 13.1. The molecule has 3 aromatic rings. The van der Waals surface area contributed by atoms with Gasteiger partial charge in [0.2, 0.25) is 5.91 Å². The summed E-state index contributed by atoms with van der Waals surface area (Å²) in [6.45, 7) is 2.39. The number of benzene rings is 3. The van der Waals surface area contributed by atoms with Crippen molar-refractivity contribution < 1.29 is 14.4 Å². The molecule has 0 aromatic heterocycles. The molecule has 1 atom stereocenters. The maximum absolute atomic E-state index is 13.1. The zero-order valence-corrected chi connectivity index (χ0v) is 17.0. The van der Waals surface area contributed by atoms with Crippen molar-refractivity contribution in [2.75, 3.05) is 16.8 Å². The van der Waals surface area contributed by atoms with Gasteiger partial charge in [-0.15, -0.1) is 0 Å². The minimum atomic E-state index is -0.939. The summed E-state index contributed by atoms with van der Waals surface area (Å²) in [6.07, 6.45) is 0.934. The molecule has 0 saturated carbocycles. The molecule has 0 saturated heterocycles. The quantitative estimate of drug-likeness (QED) is 0.659. The van der Waals surface area contributed by atoms with Gasteiger partial charge in [-0.3, -0.25) is 19.3 Å². The predicted molar refractivity (Wildman–Crippen MR) is 119 cm³/mol. The van der Waals surface area contributed by atoms with Crippen LogP contribution in [0.25, 0.3) is 0 Å². The molecule has 154 valence electrons. The smallest absolute Gasteiger partial charge is 0.262 e. The first kappa shape index (κ1) is 19.1. The zero-order valence-electron chi connectivity index (χ0n) is 17.0. The fourth-order valence-corrected chi connectivity index (χ4v) is 4.32. The highest BCUT2D eigenvalue weighted by Gasteiger charge is 2.40. The van der Waals surface area contributed by atoms with Crippen molar-refractivity contribution in [1.82, 2.24) is 4.90 Å². The second-order valence-corrected chi connectivity index (χ2v) is 7.74. The highest BCUT2D eigenvalue weighted by Crippen LogP contribution is 2.38. The lowest BCUT2D eigenvalue weighted by atomic mass is 10.1. The van der Waals surface area contributed by atoms with Crippen LogP contribution in [0.2, 0.25) is 0 Å². The van der Waals surface area contributed by atoms with Crippen LogP contribution in [0, 0.1) is 0 Å². The van der Waals surface area contributed by atoms with Crippen LogP contribution in [-0.2, 0) is 11.2 Å². The summed E-state index contributed by atoms with van der Waals surface area (Å²) in [7, 11) is 0. The number of carbonyl (C=O) groups is 3. The number of hydrogen-bond acceptors (Lipinski definition) is 4. The summed E-state index contributed by atoms with van der Waals surface area (Å²) in [5.41, 5.74) is 4.59. The van der Waals surface area contributed by atoms with E-state index in [4.69, 9.17) is 0 Å². The Morgan fingerprint density at radius 1 is 0.839 bits per heavy atom. The van der Waals surface area contributed by atoms with E-state index in [9.17, 15) is 14.4 Å². The monoisotopic (exact) mass is 411 g/mol. The van der Waals surface area contributed by atoms with E-state index in [1.54, 1.807) is 31.2 Å². The SMILES string of the molecule is CC(C(=O)Nc1ccccc1N1CCc2ccccc21)N1C(=O)c2ccccc2C1=O. The molecule has 2 aliphatic heterocycles. The maximum Gasteiger partial charge on any atom is 0.262 e. The molecular weight excluding hydrogens is 390 g/mol. The second-order valence-electron chi connectivity index (χ2n) is 7.74. The molecule has 6 heteroatoms. The van der Waals surface area contributed by atoms with E-state index >= 15 is 0 Å². The van der Waals surface area contributed by atoms with Gasteiger partial charge in [0, 0.05) is 12.2 Å². The third-order valence-electron chi connectivity index (χ3n) is 5.93. The van der Waals surface area contributed by atoms with E-state index in [1.807, 2.05) is 36.4 Å². The van der Waals surface area contributed by atoms with E-state index in [-0.39, 0.29) is 0 Å². The molecule has 2 heterocycles. The van der Waals surface area contributed by atoms with Crippen LogP contribution in [0.15, 0.2) is 72.8 Å². The van der Waals surface area contributed by atoms with Crippen LogP contribution in [0.5, 0.6) is 0 Å². The lowest BCUT2D eigenvalue weighted by molar-refractivity contribution is -0.119. The molecule has 2 aliphatic rings. The van der Waals surface area contributed by atoms with Crippen LogP contribution in [0.4, 0.5) is 17.1 Å². The molecule has 3 amide bonds. The molecule has 3 aromatic carbocycles. The molecule has 1 N–H and O–H groups in total. The minimum Gasteiger partial charge on any atom is -0.339 e. The van der Waals surface area contributed by atoms with Crippen molar-refractivity contribution in [3.63, 3.8) is 0 Å². The fraction of sp³-hybridized carbons (Fsp3) is 0.160. The lowest BCUT2D eigenvalue weighted by Gasteiger charge is -2.25. The first-order valence-corrected chi connectivity index (χ1v) is 10.3. The van der Waals surface area contributed by atoms with Crippen molar-refractivity contribution in [2.24, 2.45) is 0 Å². The molecule has 31 heavy (non-hydrogen) atoms. The van der Waals surface area contributed by atoms with Gasteiger partial charge in [-0.2, -0.15) is 0 Å². The van der Waals surface area contributed by atoms with E-state index < -0.39 is 23.8 Å². The predicted octanol–water partition coefficient (Wildman–Crippen LogP) is 4.00. The van der Waals surface area contributed by atoms with Crippen molar-refractivity contribution in [3.8, 4) is 0 Å². The van der Waals surface area contributed by atoms with Gasteiger partial charge in [0.15, 0.2) is 0 Å². The van der Waals surface area contributed by atoms with Gasteiger partial charge in [0.1, 0.15) is 6.04 Å². The van der Waals surface area contributed by atoms with Crippen molar-refractivity contribution in [2.45, 2.75) is 19.4 Å². The summed E-state index contributed by atoms with van der Waals surface area (Å²) in [5, 5.41) is 2.94. The van der Waals surface area contributed by atoms with Gasteiger partial charge in [0.25, 0.3) is 11.8 Å². The third-order valence-corrected chi connectivity index (χ3v) is 5.93. The Balaban J connectivity index is 1.40. The average Bonchev–Trinajstić information content (AvgIpc) is 3.33. The molecule has 0 radical (unpaired) electrons. The second kappa shape index (κ2) is 7.40. The summed E-state index contributed by atoms with van der Waals surface area (Å²) in [5.74, 6) is -1.29. The standard InChI is InChI=1S/C25H21N3O3/c1-16(28-24(30)18-9-3-4-10-19(18)25(28)31)23(29)26-20-11-5-7-13-22(20)27-15-14-17-8-2-6-12-21(17)27/h2-13,16H,14-15H2,1H3,(H,26,29). The summed E-state index contributed by atoms with van der Waals surface area (Å²) in [6, 6.07) is 21.5. The Kier molecular flexibility index (Phi) is 4.55. The van der Waals surface area contributed by atoms with E-state index in [2.05, 4.69) is 22.3 Å². The Labute approximate surface area is 180 Å². The molecule has 5 rings (SSSR count). The van der Waals surface area contributed by atoms with E-state index in [0.29, 0.717) is 16.8 Å². The largest absolute Gasteiger partial charge is 0.339 e. The number of anilines is 3. The number of rotatable bonds is 4. The van der Waals surface area contributed by atoms with Gasteiger partial charge < -0.3 is 10.2 Å². The van der Waals surface area contributed by atoms with Crippen molar-refractivity contribution in [1.29, 1.82) is 0 Å². The Morgan fingerprint density at radius 2 is 1.42 bits per heavy atom. The fourth-order valence-electron chi connectivity index (χ4n) is 4.32. The van der Waals surface area contributed by atoms with Crippen LogP contribution < -0.4 is 10.2 Å². The molecule has 0 bridgehead atoms. The van der Waals surface area contributed by atoms with Crippen LogP contribution in [-0.4, -0.2) is 35.2 Å². The van der Waals surface area contributed by atoms with Crippen LogP contribution in [0.1, 0.15) is 33.2 Å². The number of para-hydroxylation sites is 3. The first-order chi connectivity index (χ1) is 15.1. The number of fused-ring (bicyclic) bond motifs is 2. The van der Waals surface area contributed by atoms with Gasteiger partial charge in [-0.1, -0.05) is 42.5 Å². The Morgan fingerprint density at radius 3 is 2.13 bits per heavy atom. The lowest BCUT2D eigenvalue weighted by Crippen LogP contribution is -2.45. The Bertz CT molecular complexity index is 1180. The van der Waals surface area contributed by atoms with Gasteiger partial charge in [-0.05, 0) is 49.2 Å². The third kappa shape index (κ3) is 3.08. The number of carbonyl (C=O) groups excluding carboxylic acids is 3. The average molecular weight is 411 g/mol. The summed E-state index contributed by atoms with van der Waals surface area (Å²) >= 11 is 0. The van der Waals surface area contributed by atoms with Crippen molar-refractivity contribution >= 4 is 34.8 Å². The highest BCUT2D eigenvalue weighted by atomic mass is 16.2. The highest BCUT2D eigenvalue weighted by molar-refractivity contribution is 6.23. The van der Waals surface area contributed by atoms with E-state index in [0.717, 1.165) is 29.2 Å². The molecule has 6 nitrogen and oxygen atoms in total. The molecule has 0 fully saturated rings. The van der Waals surface area contributed by atoms with Gasteiger partial charge in [0.05, 0.1) is 22.5 Å². The molecule has 1 unspecified atom stereocenters. The number of nitrogens with zero attached hydrogens (tertiary/aromatic N) is 2. The zero-order chi connectivity index (χ0) is 21.5. The van der Waals surface area contributed by atoms with Crippen LogP contribution >= 0.6 is 0 Å². The Hall–Kier alpha value is -3.93. The molecular formula is C25H21N3O3. The topological polar surface area (TPSA) is 69.7 Å². The molecule has 0 aliphatic carbocycles. The van der Waals surface area contributed by atoms with Crippen LogP contribution in [0.3, 0.4) is 0 Å². The summed E-state index contributed by atoms with van der Waals surface area (Å²) < 4.78 is 0. The number of nitrogens with one attached hydrogen (secondary N) is 1. The molecule has 0 spiro atoms. The van der Waals surface area contributed by atoms with Gasteiger partial charge >= 0.3 is 0 Å². The van der Waals surface area contributed by atoms with E-state index in [1.165, 1.54) is 5.56 Å². The summed E-state index contributed by atoms with van der Waals surface area (Å²) in [4.78, 5) is 41.8. The normalized spacial score (nSPS) is 15.6. The number of imide groups is 1. The number of amides is 3. The van der Waals surface area contributed by atoms with Gasteiger partial charge in [-0.25, -0.2) is 0 Å². The number of hydrogen-bond donors (Lipinski definition) is 1. The minimum absolute atomic E-state index is 0.334.